The van der Waals surface area contributed by atoms with E-state index in [1.165, 1.54) is 18.2 Å². The molecular weight excluding hydrogens is 446 g/mol. The van der Waals surface area contributed by atoms with E-state index in [1.54, 1.807) is 51.1 Å². The number of fused-ring (bicyclic) bond motifs is 1. The van der Waals surface area contributed by atoms with E-state index >= 15 is 0 Å². The zero-order valence-electron chi connectivity index (χ0n) is 18.9. The van der Waals surface area contributed by atoms with Crippen LogP contribution < -0.4 is 25.6 Å². The molecule has 11 heteroatoms. The number of amides is 3. The molecule has 0 saturated carbocycles. The van der Waals surface area contributed by atoms with E-state index in [2.05, 4.69) is 16.2 Å². The van der Waals surface area contributed by atoms with Crippen molar-refractivity contribution in [1.29, 1.82) is 0 Å². The molecule has 0 spiro atoms. The number of hydrogen-bond acceptors (Lipinski definition) is 8. The van der Waals surface area contributed by atoms with E-state index in [9.17, 15) is 19.2 Å². The first-order chi connectivity index (χ1) is 16.1. The fraction of sp³-hybridized carbons (Fsp3) is 0.304. The smallest absolute Gasteiger partial charge is 0.412 e. The average molecular weight is 471 g/mol. The Kier molecular flexibility index (Phi) is 7.57. The Hall–Kier alpha value is -4.28. The summed E-state index contributed by atoms with van der Waals surface area (Å²) in [4.78, 5) is 48.3. The first kappa shape index (κ1) is 24.4. The van der Waals surface area contributed by atoms with Gasteiger partial charge in [0.15, 0.2) is 18.1 Å². The lowest BCUT2D eigenvalue weighted by molar-refractivity contribution is -0.135. The van der Waals surface area contributed by atoms with Crippen LogP contribution in [0.3, 0.4) is 0 Å². The molecule has 1 atom stereocenters. The van der Waals surface area contributed by atoms with E-state index in [0.717, 1.165) is 0 Å². The highest BCUT2D eigenvalue weighted by Gasteiger charge is 2.27. The minimum atomic E-state index is -0.960. The van der Waals surface area contributed by atoms with Gasteiger partial charge >= 0.3 is 12.1 Å². The predicted octanol–water partition coefficient (Wildman–Crippen LogP) is 2.18. The van der Waals surface area contributed by atoms with Crippen LogP contribution in [0.5, 0.6) is 11.5 Å². The van der Waals surface area contributed by atoms with Crippen molar-refractivity contribution in [2.75, 3.05) is 18.5 Å². The van der Waals surface area contributed by atoms with Crippen molar-refractivity contribution in [3.8, 4) is 11.5 Å². The maximum Gasteiger partial charge on any atom is 0.412 e. The minimum Gasteiger partial charge on any atom is -0.485 e. The molecule has 1 unspecified atom stereocenters. The van der Waals surface area contributed by atoms with Gasteiger partial charge in [-0.05, 0) is 51.1 Å². The van der Waals surface area contributed by atoms with Crippen LogP contribution in [0.2, 0.25) is 0 Å². The molecule has 1 aliphatic heterocycles. The summed E-state index contributed by atoms with van der Waals surface area (Å²) in [6, 6.07) is 12.8. The Labute approximate surface area is 195 Å². The normalized spacial score (nSPS) is 14.4. The lowest BCUT2D eigenvalue weighted by Gasteiger charge is -2.25. The molecule has 180 valence electrons. The van der Waals surface area contributed by atoms with Gasteiger partial charge in [0, 0.05) is 5.69 Å². The van der Waals surface area contributed by atoms with Crippen molar-refractivity contribution in [3.63, 3.8) is 0 Å². The molecular formula is C23H25N3O8. The molecule has 0 saturated heterocycles. The van der Waals surface area contributed by atoms with E-state index in [0.29, 0.717) is 17.2 Å². The number of anilines is 1. The molecule has 3 amide bonds. The number of rotatable bonds is 5. The summed E-state index contributed by atoms with van der Waals surface area (Å²) in [5.41, 5.74) is 4.09. The summed E-state index contributed by atoms with van der Waals surface area (Å²) in [7, 11) is 0. The van der Waals surface area contributed by atoms with E-state index in [-0.39, 0.29) is 12.2 Å². The number of para-hydroxylation sites is 2. The second kappa shape index (κ2) is 10.6. The molecule has 0 aromatic heterocycles. The standard InChI is InChI=1S/C23H25N3O8/c1-23(2,3)34-22(30)24-15-8-6-7-14(11-15)21(29)32-13-19(27)25-26-20(28)18-12-31-16-9-4-5-10-17(16)33-18/h4-11,18H,12-13H2,1-3H3,(H,24,30)(H,25,27)(H,26,28). The highest BCUT2D eigenvalue weighted by molar-refractivity contribution is 5.94. The monoisotopic (exact) mass is 471 g/mol. The Bertz CT molecular complexity index is 1080. The number of carbonyl (C=O) groups is 4. The number of benzene rings is 2. The first-order valence-electron chi connectivity index (χ1n) is 10.3. The minimum absolute atomic E-state index is 0.0264. The molecule has 1 aliphatic rings. The van der Waals surface area contributed by atoms with Crippen LogP contribution >= 0.6 is 0 Å². The third kappa shape index (κ3) is 7.12. The van der Waals surface area contributed by atoms with Gasteiger partial charge in [-0.25, -0.2) is 9.59 Å². The highest BCUT2D eigenvalue weighted by atomic mass is 16.6. The average Bonchev–Trinajstić information content (AvgIpc) is 2.79. The summed E-state index contributed by atoms with van der Waals surface area (Å²) in [6.07, 6.45) is -1.64. The van der Waals surface area contributed by atoms with Gasteiger partial charge in [-0.15, -0.1) is 0 Å². The molecule has 2 aromatic carbocycles. The predicted molar refractivity (Wildman–Crippen MR) is 119 cm³/mol. The number of hydrogen-bond donors (Lipinski definition) is 3. The van der Waals surface area contributed by atoms with Gasteiger partial charge in [0.1, 0.15) is 12.2 Å². The van der Waals surface area contributed by atoms with Crippen LogP contribution in [-0.4, -0.2) is 48.8 Å². The van der Waals surface area contributed by atoms with Gasteiger partial charge in [0.25, 0.3) is 11.8 Å². The molecule has 0 fully saturated rings. The zero-order valence-corrected chi connectivity index (χ0v) is 18.9. The number of carbonyl (C=O) groups excluding carboxylic acids is 4. The third-order valence-electron chi connectivity index (χ3n) is 4.20. The SMILES string of the molecule is CC(C)(C)OC(=O)Nc1cccc(C(=O)OCC(=O)NNC(=O)C2COc3ccccc3O2)c1. The molecule has 3 rings (SSSR count). The van der Waals surface area contributed by atoms with Crippen LogP contribution in [0.25, 0.3) is 0 Å². The Morgan fingerprint density at radius 3 is 2.47 bits per heavy atom. The topological polar surface area (TPSA) is 141 Å². The van der Waals surface area contributed by atoms with Crippen molar-refractivity contribution in [3.05, 3.63) is 54.1 Å². The molecule has 0 bridgehead atoms. The van der Waals surface area contributed by atoms with Gasteiger partial charge in [0.05, 0.1) is 5.56 Å². The van der Waals surface area contributed by atoms with Gasteiger partial charge in [-0.3, -0.25) is 25.8 Å². The molecule has 2 aromatic rings. The quantitative estimate of drug-likeness (QED) is 0.445. The zero-order chi connectivity index (χ0) is 24.7. The molecule has 0 aliphatic carbocycles. The summed E-state index contributed by atoms with van der Waals surface area (Å²) in [6.45, 7) is 4.50. The maximum atomic E-state index is 12.2. The fourth-order valence-corrected chi connectivity index (χ4v) is 2.76. The van der Waals surface area contributed by atoms with Gasteiger partial charge in [-0.2, -0.15) is 0 Å². The molecule has 1 heterocycles. The second-order valence-electron chi connectivity index (χ2n) is 8.19. The van der Waals surface area contributed by atoms with E-state index in [1.807, 2.05) is 0 Å². The van der Waals surface area contributed by atoms with Crippen LogP contribution in [-0.2, 0) is 19.1 Å². The van der Waals surface area contributed by atoms with Gasteiger partial charge in [-0.1, -0.05) is 18.2 Å². The van der Waals surface area contributed by atoms with Crippen LogP contribution in [0.1, 0.15) is 31.1 Å². The lowest BCUT2D eigenvalue weighted by Crippen LogP contribution is -2.51. The van der Waals surface area contributed by atoms with Crippen molar-refractivity contribution >= 4 is 29.6 Å². The molecule has 11 nitrogen and oxygen atoms in total. The van der Waals surface area contributed by atoms with E-state index < -0.39 is 42.2 Å². The van der Waals surface area contributed by atoms with Crippen molar-refractivity contribution in [2.24, 2.45) is 0 Å². The Morgan fingerprint density at radius 1 is 1.00 bits per heavy atom. The number of esters is 1. The Morgan fingerprint density at radius 2 is 1.74 bits per heavy atom. The summed E-state index contributed by atoms with van der Waals surface area (Å²) in [5, 5.41) is 2.51. The molecule has 0 radical (unpaired) electrons. The van der Waals surface area contributed by atoms with E-state index in [4.69, 9.17) is 18.9 Å². The summed E-state index contributed by atoms with van der Waals surface area (Å²) in [5.74, 6) is -1.25. The van der Waals surface area contributed by atoms with Crippen molar-refractivity contribution in [2.45, 2.75) is 32.5 Å². The molecule has 3 N–H and O–H groups in total. The summed E-state index contributed by atoms with van der Waals surface area (Å²) >= 11 is 0. The highest BCUT2D eigenvalue weighted by Crippen LogP contribution is 2.30. The van der Waals surface area contributed by atoms with Crippen molar-refractivity contribution in [1.82, 2.24) is 10.9 Å². The number of nitrogens with one attached hydrogen (secondary N) is 3. The Balaban J connectivity index is 1.43. The third-order valence-corrected chi connectivity index (χ3v) is 4.20. The maximum absolute atomic E-state index is 12.2. The lowest BCUT2D eigenvalue weighted by atomic mass is 10.2. The van der Waals surface area contributed by atoms with Gasteiger partial charge in [0.2, 0.25) is 6.10 Å². The van der Waals surface area contributed by atoms with Crippen LogP contribution in [0.15, 0.2) is 48.5 Å². The van der Waals surface area contributed by atoms with Crippen LogP contribution in [0, 0.1) is 0 Å². The largest absolute Gasteiger partial charge is 0.485 e. The summed E-state index contributed by atoms with van der Waals surface area (Å²) < 4.78 is 21.1. The molecule has 34 heavy (non-hydrogen) atoms. The second-order valence-corrected chi connectivity index (χ2v) is 8.19. The number of ether oxygens (including phenoxy) is 4. The first-order valence-corrected chi connectivity index (χ1v) is 10.3. The van der Waals surface area contributed by atoms with Crippen molar-refractivity contribution < 1.29 is 38.1 Å². The number of hydrazine groups is 1. The van der Waals surface area contributed by atoms with Gasteiger partial charge < -0.3 is 18.9 Å². The fourth-order valence-electron chi connectivity index (χ4n) is 2.76. The van der Waals surface area contributed by atoms with Crippen LogP contribution in [0.4, 0.5) is 10.5 Å².